The van der Waals surface area contributed by atoms with Crippen LogP contribution in [0, 0.1) is 0 Å². The zero-order valence-electron chi connectivity index (χ0n) is 14.9. The Bertz CT molecular complexity index is 760. The highest BCUT2D eigenvalue weighted by Gasteiger charge is 2.21. The van der Waals surface area contributed by atoms with Crippen LogP contribution in [0.1, 0.15) is 16.8 Å². The third kappa shape index (κ3) is 4.75. The summed E-state index contributed by atoms with van der Waals surface area (Å²) in [6.07, 6.45) is 0.394. The van der Waals surface area contributed by atoms with Gasteiger partial charge in [-0.2, -0.15) is 5.10 Å². The van der Waals surface area contributed by atoms with E-state index >= 15 is 0 Å². The second kappa shape index (κ2) is 7.91. The van der Waals surface area contributed by atoms with Crippen molar-refractivity contribution in [3.63, 3.8) is 0 Å². The first kappa shape index (κ1) is 17.8. The molecule has 3 rings (SSSR count). The molecule has 0 aliphatic carbocycles. The molecule has 1 N–H and O–H groups in total. The van der Waals surface area contributed by atoms with Crippen LogP contribution < -0.4 is 5.56 Å². The van der Waals surface area contributed by atoms with E-state index in [9.17, 15) is 9.90 Å². The van der Waals surface area contributed by atoms with E-state index in [0.717, 1.165) is 30.8 Å². The van der Waals surface area contributed by atoms with Gasteiger partial charge in [-0.15, -0.1) is 0 Å². The number of hydrogen-bond donors (Lipinski definition) is 1. The van der Waals surface area contributed by atoms with Crippen LogP contribution in [0.3, 0.4) is 0 Å². The number of aryl methyl sites for hydroxylation is 1. The molecule has 25 heavy (non-hydrogen) atoms. The van der Waals surface area contributed by atoms with Crippen LogP contribution >= 0.6 is 0 Å². The van der Waals surface area contributed by atoms with Crippen molar-refractivity contribution in [3.05, 3.63) is 63.6 Å². The Morgan fingerprint density at radius 3 is 2.84 bits per heavy atom. The van der Waals surface area contributed by atoms with E-state index in [1.54, 1.807) is 13.1 Å². The van der Waals surface area contributed by atoms with E-state index in [2.05, 4.69) is 27.0 Å². The summed E-state index contributed by atoms with van der Waals surface area (Å²) in [5, 5.41) is 14.8. The first-order valence-electron chi connectivity index (χ1n) is 8.70. The van der Waals surface area contributed by atoms with Crippen LogP contribution in [0.5, 0.6) is 0 Å². The molecule has 0 bridgehead atoms. The molecule has 1 aromatic heterocycles. The van der Waals surface area contributed by atoms with Gasteiger partial charge in [0, 0.05) is 52.3 Å². The third-order valence-electron chi connectivity index (χ3n) is 4.60. The van der Waals surface area contributed by atoms with Crippen LogP contribution in [0.25, 0.3) is 0 Å². The highest BCUT2D eigenvalue weighted by molar-refractivity contribution is 5.20. The normalized spacial score (nSPS) is 16.0. The molecule has 6 heteroatoms. The summed E-state index contributed by atoms with van der Waals surface area (Å²) >= 11 is 0. The number of benzene rings is 1. The molecule has 1 unspecified atom stereocenters. The monoisotopic (exact) mass is 342 g/mol. The quantitative estimate of drug-likeness (QED) is 0.834. The lowest BCUT2D eigenvalue weighted by Gasteiger charge is -2.31. The Balaban J connectivity index is 1.52. The second-order valence-corrected chi connectivity index (χ2v) is 6.90. The lowest BCUT2D eigenvalue weighted by molar-refractivity contribution is 0.0745. The molecule has 0 radical (unpaired) electrons. The van der Waals surface area contributed by atoms with Gasteiger partial charge < -0.3 is 5.11 Å². The lowest BCUT2D eigenvalue weighted by Crippen LogP contribution is -2.42. The summed E-state index contributed by atoms with van der Waals surface area (Å²) in [5.41, 5.74) is 3.14. The largest absolute Gasteiger partial charge is 0.390 e. The van der Waals surface area contributed by atoms with Gasteiger partial charge in [-0.1, -0.05) is 30.3 Å². The van der Waals surface area contributed by atoms with Crippen molar-refractivity contribution < 1.29 is 5.11 Å². The molecule has 0 fully saturated rings. The molecule has 134 valence electrons. The third-order valence-corrected chi connectivity index (χ3v) is 4.60. The van der Waals surface area contributed by atoms with Crippen LogP contribution in [0.15, 0.2) is 41.2 Å². The van der Waals surface area contributed by atoms with Gasteiger partial charge in [0.1, 0.15) is 0 Å². The number of aliphatic hydroxyl groups excluding tert-OH is 1. The Morgan fingerprint density at radius 2 is 2.08 bits per heavy atom. The molecule has 6 nitrogen and oxygen atoms in total. The average molecular weight is 342 g/mol. The maximum absolute atomic E-state index is 11.8. The minimum atomic E-state index is -0.422. The van der Waals surface area contributed by atoms with Crippen molar-refractivity contribution in [2.45, 2.75) is 25.6 Å². The Morgan fingerprint density at radius 1 is 1.32 bits per heavy atom. The number of hydrogen-bond acceptors (Lipinski definition) is 5. The van der Waals surface area contributed by atoms with E-state index in [1.165, 1.54) is 10.2 Å². The molecule has 1 aliphatic heterocycles. The van der Waals surface area contributed by atoms with Gasteiger partial charge in [-0.25, -0.2) is 4.68 Å². The number of aliphatic hydroxyl groups is 1. The molecule has 1 aliphatic rings. The van der Waals surface area contributed by atoms with Gasteiger partial charge in [0.2, 0.25) is 0 Å². The highest BCUT2D eigenvalue weighted by Crippen LogP contribution is 2.15. The fraction of sp³-hybridized carbons (Fsp3) is 0.474. The number of β-amino-alcohol motifs (C(OH)–C–C–N with tert-alkyl or cyclic N) is 1. The molecule has 0 saturated heterocycles. The van der Waals surface area contributed by atoms with Crippen molar-refractivity contribution in [1.29, 1.82) is 0 Å². The van der Waals surface area contributed by atoms with Gasteiger partial charge in [0.15, 0.2) is 0 Å². The summed E-state index contributed by atoms with van der Waals surface area (Å²) in [5.74, 6) is 0. The molecule has 0 saturated carbocycles. The summed E-state index contributed by atoms with van der Waals surface area (Å²) in [7, 11) is 3.71. The molecule has 0 amide bonds. The van der Waals surface area contributed by atoms with Crippen molar-refractivity contribution in [2.24, 2.45) is 7.05 Å². The van der Waals surface area contributed by atoms with Gasteiger partial charge >= 0.3 is 0 Å². The standard InChI is InChI=1S/C19H26N4O2/c1-21(11-15-6-4-3-5-7-15)13-17(24)14-23-9-8-18-16(12-23)10-19(25)22(2)20-18/h3-7,10,17,24H,8-9,11-14H2,1-2H3. The zero-order valence-corrected chi connectivity index (χ0v) is 14.9. The van der Waals surface area contributed by atoms with Crippen molar-refractivity contribution in [1.82, 2.24) is 19.6 Å². The smallest absolute Gasteiger partial charge is 0.266 e. The summed E-state index contributed by atoms with van der Waals surface area (Å²) < 4.78 is 1.39. The molecular weight excluding hydrogens is 316 g/mol. The summed E-state index contributed by atoms with van der Waals surface area (Å²) in [6, 6.07) is 11.9. The van der Waals surface area contributed by atoms with Crippen LogP contribution in [0.4, 0.5) is 0 Å². The van der Waals surface area contributed by atoms with Crippen LogP contribution in [-0.2, 0) is 26.6 Å². The fourth-order valence-electron chi connectivity index (χ4n) is 3.38. The van der Waals surface area contributed by atoms with Crippen molar-refractivity contribution in [3.8, 4) is 0 Å². The maximum Gasteiger partial charge on any atom is 0.266 e. The topological polar surface area (TPSA) is 61.6 Å². The van der Waals surface area contributed by atoms with Crippen molar-refractivity contribution >= 4 is 0 Å². The minimum absolute atomic E-state index is 0.0799. The summed E-state index contributed by atoms with van der Waals surface area (Å²) in [4.78, 5) is 16.1. The maximum atomic E-state index is 11.8. The summed E-state index contributed by atoms with van der Waals surface area (Å²) in [6.45, 7) is 3.58. The van der Waals surface area contributed by atoms with E-state index in [-0.39, 0.29) is 5.56 Å². The molecule has 2 heterocycles. The van der Waals surface area contributed by atoms with E-state index in [0.29, 0.717) is 19.6 Å². The van der Waals surface area contributed by atoms with Gasteiger partial charge in [-0.05, 0) is 18.2 Å². The SMILES string of the molecule is CN(Cc1ccccc1)CC(O)CN1CCc2nn(C)c(=O)cc2C1. The Kier molecular flexibility index (Phi) is 5.63. The number of rotatable bonds is 6. The zero-order chi connectivity index (χ0) is 17.8. The minimum Gasteiger partial charge on any atom is -0.390 e. The highest BCUT2D eigenvalue weighted by atomic mass is 16.3. The predicted molar refractivity (Wildman–Crippen MR) is 97.2 cm³/mol. The molecule has 1 atom stereocenters. The lowest BCUT2D eigenvalue weighted by atomic mass is 10.1. The number of nitrogens with zero attached hydrogens (tertiary/aromatic N) is 4. The second-order valence-electron chi connectivity index (χ2n) is 6.90. The number of fused-ring (bicyclic) bond motifs is 1. The number of aromatic nitrogens is 2. The Labute approximate surface area is 148 Å². The van der Waals surface area contributed by atoms with Crippen LogP contribution in [0.2, 0.25) is 0 Å². The van der Waals surface area contributed by atoms with E-state index < -0.39 is 6.10 Å². The van der Waals surface area contributed by atoms with Gasteiger partial charge in [0.05, 0.1) is 11.8 Å². The van der Waals surface area contributed by atoms with Crippen LogP contribution in [-0.4, -0.2) is 57.5 Å². The Hall–Kier alpha value is -2.02. The van der Waals surface area contributed by atoms with E-state index in [4.69, 9.17) is 0 Å². The molecule has 1 aromatic carbocycles. The molecule has 0 spiro atoms. The van der Waals surface area contributed by atoms with Gasteiger partial charge in [0.25, 0.3) is 5.56 Å². The molecular formula is C19H26N4O2. The van der Waals surface area contributed by atoms with Crippen molar-refractivity contribution in [2.75, 3.05) is 26.7 Å². The first-order chi connectivity index (χ1) is 12.0. The first-order valence-corrected chi connectivity index (χ1v) is 8.70. The molecule has 2 aromatic rings. The average Bonchev–Trinajstić information content (AvgIpc) is 2.57. The number of likely N-dealkylation sites (N-methyl/N-ethyl adjacent to an activating group) is 1. The predicted octanol–water partition coefficient (Wildman–Crippen LogP) is 0.631. The fourth-order valence-corrected chi connectivity index (χ4v) is 3.38. The van der Waals surface area contributed by atoms with Gasteiger partial charge in [-0.3, -0.25) is 14.6 Å². The van der Waals surface area contributed by atoms with E-state index in [1.807, 2.05) is 25.2 Å².